The lowest BCUT2D eigenvalue weighted by Crippen LogP contribution is -2.21. The van der Waals surface area contributed by atoms with Crippen LogP contribution in [0, 0.1) is 11.3 Å². The number of hydrogen-bond acceptors (Lipinski definition) is 3. The van der Waals surface area contributed by atoms with Gasteiger partial charge >= 0.3 is 0 Å². The molecule has 0 aliphatic heterocycles. The van der Waals surface area contributed by atoms with E-state index in [-0.39, 0.29) is 0 Å². The molecule has 0 atom stereocenters. The van der Waals surface area contributed by atoms with E-state index in [4.69, 9.17) is 21.6 Å². The minimum atomic E-state index is -0.772. The number of aliphatic hydroxyl groups is 1. The lowest BCUT2D eigenvalue weighted by molar-refractivity contribution is 0.0553. The number of rotatable bonds is 4. The van der Waals surface area contributed by atoms with E-state index in [1.165, 1.54) is 0 Å². The molecule has 1 rings (SSSR count). The lowest BCUT2D eigenvalue weighted by atomic mass is 10.1. The summed E-state index contributed by atoms with van der Waals surface area (Å²) in [5.41, 5.74) is -0.328. The van der Waals surface area contributed by atoms with Crippen molar-refractivity contribution in [1.82, 2.24) is 0 Å². The maximum absolute atomic E-state index is 9.51. The lowest BCUT2D eigenvalue weighted by Gasteiger charge is -2.17. The van der Waals surface area contributed by atoms with Gasteiger partial charge in [0.2, 0.25) is 0 Å². The van der Waals surface area contributed by atoms with Gasteiger partial charge in [-0.1, -0.05) is 11.6 Å². The zero-order valence-electron chi connectivity index (χ0n) is 9.33. The molecule has 0 aromatic heterocycles. The molecule has 0 radical (unpaired) electrons. The first-order valence-corrected chi connectivity index (χ1v) is 5.35. The predicted octanol–water partition coefficient (Wildman–Crippen LogP) is 2.75. The number of ether oxygens (including phenoxy) is 1. The Labute approximate surface area is 100 Å². The summed E-state index contributed by atoms with van der Waals surface area (Å²) >= 11 is 5.80. The van der Waals surface area contributed by atoms with Crippen LogP contribution in [0.2, 0.25) is 5.02 Å². The van der Waals surface area contributed by atoms with Crippen molar-refractivity contribution in [3.63, 3.8) is 0 Å². The molecule has 1 aromatic rings. The van der Waals surface area contributed by atoms with Crippen LogP contribution >= 0.6 is 11.6 Å². The minimum Gasteiger partial charge on any atom is -0.492 e. The van der Waals surface area contributed by atoms with Crippen LogP contribution in [-0.4, -0.2) is 17.3 Å². The Hall–Kier alpha value is -1.24. The SMILES string of the molecule is CC(C)(O)CCOc1cc(Cl)ccc1C#N. The van der Waals surface area contributed by atoms with Crippen LogP contribution in [0.3, 0.4) is 0 Å². The molecule has 86 valence electrons. The molecule has 3 nitrogen and oxygen atoms in total. The molecule has 0 unspecified atom stereocenters. The van der Waals surface area contributed by atoms with Gasteiger partial charge in [-0.3, -0.25) is 0 Å². The van der Waals surface area contributed by atoms with Gasteiger partial charge in [-0.15, -0.1) is 0 Å². The van der Waals surface area contributed by atoms with Gasteiger partial charge in [-0.2, -0.15) is 5.26 Å². The molecule has 1 aromatic carbocycles. The molecule has 0 amide bonds. The highest BCUT2D eigenvalue weighted by Crippen LogP contribution is 2.23. The van der Waals surface area contributed by atoms with Gasteiger partial charge in [0, 0.05) is 17.5 Å². The van der Waals surface area contributed by atoms with Gasteiger partial charge in [-0.25, -0.2) is 0 Å². The summed E-state index contributed by atoms with van der Waals surface area (Å²) < 4.78 is 5.42. The topological polar surface area (TPSA) is 53.2 Å². The van der Waals surface area contributed by atoms with Crippen molar-refractivity contribution in [1.29, 1.82) is 5.26 Å². The third kappa shape index (κ3) is 4.09. The first-order chi connectivity index (χ1) is 7.42. The molecule has 0 fully saturated rings. The number of benzene rings is 1. The second kappa shape index (κ2) is 5.20. The highest BCUT2D eigenvalue weighted by Gasteiger charge is 2.13. The normalized spacial score (nSPS) is 10.9. The van der Waals surface area contributed by atoms with E-state index in [1.54, 1.807) is 32.0 Å². The van der Waals surface area contributed by atoms with E-state index in [9.17, 15) is 5.11 Å². The fourth-order valence-electron chi connectivity index (χ4n) is 1.12. The maximum atomic E-state index is 9.51. The molecule has 0 spiro atoms. The van der Waals surface area contributed by atoms with Gasteiger partial charge in [0.15, 0.2) is 0 Å². The van der Waals surface area contributed by atoms with Crippen LogP contribution in [0.5, 0.6) is 5.75 Å². The van der Waals surface area contributed by atoms with Crippen LogP contribution in [-0.2, 0) is 0 Å². The summed E-state index contributed by atoms with van der Waals surface area (Å²) in [5.74, 6) is 0.458. The molecule has 0 saturated carbocycles. The Morgan fingerprint density at radius 1 is 1.50 bits per heavy atom. The average molecular weight is 240 g/mol. The Balaban J connectivity index is 2.67. The molecule has 16 heavy (non-hydrogen) atoms. The van der Waals surface area contributed by atoms with E-state index in [0.717, 1.165) is 0 Å². The van der Waals surface area contributed by atoms with Gasteiger partial charge in [0.25, 0.3) is 0 Å². The van der Waals surface area contributed by atoms with Crippen molar-refractivity contribution in [3.05, 3.63) is 28.8 Å². The summed E-state index contributed by atoms with van der Waals surface area (Å²) in [6.45, 7) is 3.76. The van der Waals surface area contributed by atoms with Crippen LogP contribution in [0.4, 0.5) is 0 Å². The number of nitrogens with zero attached hydrogens (tertiary/aromatic N) is 1. The molecule has 1 N–H and O–H groups in total. The van der Waals surface area contributed by atoms with E-state index >= 15 is 0 Å². The van der Waals surface area contributed by atoms with Crippen LogP contribution < -0.4 is 4.74 Å². The smallest absolute Gasteiger partial charge is 0.138 e. The van der Waals surface area contributed by atoms with Crippen molar-refractivity contribution in [2.45, 2.75) is 25.9 Å². The first-order valence-electron chi connectivity index (χ1n) is 4.97. The molecule has 0 heterocycles. The Bertz CT molecular complexity index is 404. The first kappa shape index (κ1) is 12.8. The third-order valence-corrected chi connectivity index (χ3v) is 2.27. The molecule has 0 aliphatic rings. The van der Waals surface area contributed by atoms with Crippen molar-refractivity contribution in [3.8, 4) is 11.8 Å². The average Bonchev–Trinajstić information content (AvgIpc) is 2.16. The summed E-state index contributed by atoms with van der Waals surface area (Å²) in [6, 6.07) is 6.88. The maximum Gasteiger partial charge on any atom is 0.138 e. The number of hydrogen-bond donors (Lipinski definition) is 1. The largest absolute Gasteiger partial charge is 0.492 e. The fourth-order valence-corrected chi connectivity index (χ4v) is 1.28. The van der Waals surface area contributed by atoms with Gasteiger partial charge < -0.3 is 9.84 Å². The van der Waals surface area contributed by atoms with Crippen molar-refractivity contribution >= 4 is 11.6 Å². The summed E-state index contributed by atoms with van der Waals surface area (Å²) in [5, 5.41) is 18.9. The molecule has 4 heteroatoms. The van der Waals surface area contributed by atoms with Gasteiger partial charge in [0.05, 0.1) is 17.8 Å². The quantitative estimate of drug-likeness (QED) is 0.879. The van der Waals surface area contributed by atoms with Crippen molar-refractivity contribution in [2.75, 3.05) is 6.61 Å². The fraction of sp³-hybridized carbons (Fsp3) is 0.417. The molecular weight excluding hydrogens is 226 g/mol. The summed E-state index contributed by atoms with van der Waals surface area (Å²) in [7, 11) is 0. The highest BCUT2D eigenvalue weighted by atomic mass is 35.5. The zero-order valence-corrected chi connectivity index (χ0v) is 10.1. The number of halogens is 1. The third-order valence-electron chi connectivity index (χ3n) is 2.04. The second-order valence-corrected chi connectivity index (χ2v) is 4.60. The second-order valence-electron chi connectivity index (χ2n) is 4.16. The zero-order chi connectivity index (χ0) is 12.2. The molecule has 0 saturated heterocycles. The molecular formula is C12H14ClNO2. The van der Waals surface area contributed by atoms with Crippen LogP contribution in [0.15, 0.2) is 18.2 Å². The van der Waals surface area contributed by atoms with Gasteiger partial charge in [-0.05, 0) is 26.0 Å². The Kier molecular flexibility index (Phi) is 4.17. The summed E-state index contributed by atoms with van der Waals surface area (Å²) in [6.07, 6.45) is 0.490. The highest BCUT2D eigenvalue weighted by molar-refractivity contribution is 6.30. The van der Waals surface area contributed by atoms with E-state index in [2.05, 4.69) is 0 Å². The molecule has 0 bridgehead atoms. The van der Waals surface area contributed by atoms with E-state index in [0.29, 0.717) is 29.4 Å². The van der Waals surface area contributed by atoms with E-state index in [1.807, 2.05) is 6.07 Å². The number of nitriles is 1. The minimum absolute atomic E-state index is 0.346. The van der Waals surface area contributed by atoms with Gasteiger partial charge in [0.1, 0.15) is 11.8 Å². The predicted molar refractivity (Wildman–Crippen MR) is 62.6 cm³/mol. The van der Waals surface area contributed by atoms with Crippen molar-refractivity contribution in [2.24, 2.45) is 0 Å². The molecule has 0 aliphatic carbocycles. The van der Waals surface area contributed by atoms with Crippen LogP contribution in [0.25, 0.3) is 0 Å². The Morgan fingerprint density at radius 2 is 2.19 bits per heavy atom. The standard InChI is InChI=1S/C12H14ClNO2/c1-12(2,15)5-6-16-11-7-10(13)4-3-9(11)8-14/h3-4,7,15H,5-6H2,1-2H3. The van der Waals surface area contributed by atoms with Crippen molar-refractivity contribution < 1.29 is 9.84 Å². The van der Waals surface area contributed by atoms with E-state index < -0.39 is 5.60 Å². The Morgan fingerprint density at radius 3 is 2.75 bits per heavy atom. The van der Waals surface area contributed by atoms with Crippen LogP contribution in [0.1, 0.15) is 25.8 Å². The summed E-state index contributed by atoms with van der Waals surface area (Å²) in [4.78, 5) is 0. The monoisotopic (exact) mass is 239 g/mol.